The van der Waals surface area contributed by atoms with Crippen LogP contribution in [0.1, 0.15) is 83.8 Å². The summed E-state index contributed by atoms with van der Waals surface area (Å²) in [7, 11) is 1.88. The number of allylic oxidation sites excluding steroid dienone is 1. The molecule has 1 aromatic carbocycles. The zero-order valence-corrected chi connectivity index (χ0v) is 27.7. The highest BCUT2D eigenvalue weighted by atomic mass is 32.2. The van der Waals surface area contributed by atoms with Crippen molar-refractivity contribution in [3.8, 4) is 0 Å². The van der Waals surface area contributed by atoms with Crippen molar-refractivity contribution < 1.29 is 23.4 Å². The standard InChI is InChI=1S/C33H49N5O5S/c1-22-28(44-43-37(22)5)24-10-8-23(9-11-24)19-35-30(40)26-7-6-18-38(26)31(41)29(32(2,3)4)36-27(39)20-42-25-12-14-33(15-13-25)16-17-34-21-33/h8-11,25-26,29,34H,6-7,12-21H2,1-5H3,(H,35,40)(H,36,39). The predicted molar refractivity (Wildman–Crippen MR) is 172 cm³/mol. The first kappa shape index (κ1) is 32.8. The Morgan fingerprint density at radius 3 is 2.48 bits per heavy atom. The first-order valence-electron chi connectivity index (χ1n) is 16.0. The molecule has 1 aliphatic carbocycles. The fourth-order valence-corrected chi connectivity index (χ4v) is 7.58. The third kappa shape index (κ3) is 7.61. The molecular formula is C33H49N5O5S. The monoisotopic (exact) mass is 627 g/mol. The van der Waals surface area contributed by atoms with E-state index in [0.29, 0.717) is 24.9 Å². The number of nitrogens with one attached hydrogen (secondary N) is 3. The van der Waals surface area contributed by atoms with Crippen molar-refractivity contribution in [3.63, 3.8) is 0 Å². The Morgan fingerprint density at radius 1 is 1.14 bits per heavy atom. The lowest BCUT2D eigenvalue weighted by Gasteiger charge is -2.37. The molecule has 11 heteroatoms. The molecule has 3 aliphatic heterocycles. The molecular weight excluding hydrogens is 578 g/mol. The SMILES string of the molecule is CC1=C(c2ccc(CNC(=O)C3CCCN3C(=O)C(NC(=O)COC3CCC4(CCNC4)CC3)C(C)(C)C)cc2)SON1C. The highest BCUT2D eigenvalue weighted by Gasteiger charge is 2.42. The number of likely N-dealkylation sites (tertiary alicyclic amines) is 1. The van der Waals surface area contributed by atoms with E-state index in [9.17, 15) is 14.4 Å². The molecule has 44 heavy (non-hydrogen) atoms. The Balaban J connectivity index is 1.12. The zero-order chi connectivity index (χ0) is 31.5. The molecule has 1 saturated carbocycles. The summed E-state index contributed by atoms with van der Waals surface area (Å²) >= 11 is 1.34. The molecule has 1 aromatic rings. The van der Waals surface area contributed by atoms with Crippen molar-refractivity contribution in [1.29, 1.82) is 0 Å². The molecule has 10 nitrogen and oxygen atoms in total. The van der Waals surface area contributed by atoms with Gasteiger partial charge in [0.1, 0.15) is 18.7 Å². The van der Waals surface area contributed by atoms with Crippen molar-refractivity contribution in [2.75, 3.05) is 33.3 Å². The van der Waals surface area contributed by atoms with Gasteiger partial charge in [0, 0.05) is 26.7 Å². The minimum Gasteiger partial charge on any atom is -0.368 e. The van der Waals surface area contributed by atoms with Gasteiger partial charge in [-0.05, 0) is 80.4 Å². The number of nitrogens with zero attached hydrogens (tertiary/aromatic N) is 2. The summed E-state index contributed by atoms with van der Waals surface area (Å²) in [5.41, 5.74) is 2.97. The Hall–Kier alpha value is -2.60. The highest BCUT2D eigenvalue weighted by Crippen LogP contribution is 2.42. The number of amides is 3. The molecule has 5 rings (SSSR count). The van der Waals surface area contributed by atoms with Crippen molar-refractivity contribution in [2.45, 2.75) is 97.4 Å². The van der Waals surface area contributed by atoms with E-state index in [-0.39, 0.29) is 30.4 Å². The van der Waals surface area contributed by atoms with E-state index in [0.717, 1.165) is 66.9 Å². The quantitative estimate of drug-likeness (QED) is 0.353. The average molecular weight is 628 g/mol. The van der Waals surface area contributed by atoms with Crippen LogP contribution in [0.3, 0.4) is 0 Å². The number of rotatable bonds is 9. The fraction of sp³-hybridized carbons (Fsp3) is 0.667. The Bertz CT molecular complexity index is 1230. The van der Waals surface area contributed by atoms with Crippen LogP contribution in [0, 0.1) is 10.8 Å². The number of ether oxygens (including phenoxy) is 1. The molecule has 3 amide bonds. The molecule has 0 aromatic heterocycles. The first-order chi connectivity index (χ1) is 21.0. The van der Waals surface area contributed by atoms with E-state index in [4.69, 9.17) is 9.02 Å². The number of hydroxylamine groups is 2. The number of hydrogen-bond donors (Lipinski definition) is 3. The predicted octanol–water partition coefficient (Wildman–Crippen LogP) is 3.98. The molecule has 3 N–H and O–H groups in total. The van der Waals surface area contributed by atoms with Gasteiger partial charge < -0.3 is 25.6 Å². The molecule has 0 bridgehead atoms. The van der Waals surface area contributed by atoms with Gasteiger partial charge >= 0.3 is 0 Å². The Kier molecular flexibility index (Phi) is 10.3. The summed E-state index contributed by atoms with van der Waals surface area (Å²) in [5, 5.41) is 11.2. The summed E-state index contributed by atoms with van der Waals surface area (Å²) in [6, 6.07) is 6.73. The van der Waals surface area contributed by atoms with Gasteiger partial charge in [-0.2, -0.15) is 4.28 Å². The summed E-state index contributed by atoms with van der Waals surface area (Å²) < 4.78 is 11.5. The highest BCUT2D eigenvalue weighted by molar-refractivity contribution is 8.04. The summed E-state index contributed by atoms with van der Waals surface area (Å²) in [4.78, 5) is 42.9. The minimum absolute atomic E-state index is 0.0578. The number of benzene rings is 1. The second kappa shape index (κ2) is 13.8. The fourth-order valence-electron chi connectivity index (χ4n) is 6.80. The summed E-state index contributed by atoms with van der Waals surface area (Å²) in [6.07, 6.45) is 6.84. The van der Waals surface area contributed by atoms with Crippen LogP contribution in [0.25, 0.3) is 4.91 Å². The van der Waals surface area contributed by atoms with E-state index in [1.54, 1.807) is 9.96 Å². The van der Waals surface area contributed by atoms with Crippen LogP contribution in [0.4, 0.5) is 0 Å². The van der Waals surface area contributed by atoms with Crippen molar-refractivity contribution in [2.24, 2.45) is 10.8 Å². The van der Waals surface area contributed by atoms with Gasteiger partial charge in [0.05, 0.1) is 28.7 Å². The average Bonchev–Trinajstić information content (AvgIpc) is 3.75. The van der Waals surface area contributed by atoms with Gasteiger partial charge in [-0.1, -0.05) is 45.0 Å². The Labute approximate surface area is 266 Å². The second-order valence-electron chi connectivity index (χ2n) is 14.0. The lowest BCUT2D eigenvalue weighted by Crippen LogP contribution is -2.58. The normalized spacial score (nSPS) is 26.4. The molecule has 2 saturated heterocycles. The van der Waals surface area contributed by atoms with Crippen LogP contribution in [-0.4, -0.2) is 79.2 Å². The second-order valence-corrected chi connectivity index (χ2v) is 14.7. The van der Waals surface area contributed by atoms with Crippen LogP contribution in [-0.2, 0) is 29.9 Å². The van der Waals surface area contributed by atoms with E-state index >= 15 is 0 Å². The largest absolute Gasteiger partial charge is 0.368 e. The maximum absolute atomic E-state index is 13.8. The van der Waals surface area contributed by atoms with E-state index in [1.807, 2.05) is 59.0 Å². The maximum atomic E-state index is 13.8. The van der Waals surface area contributed by atoms with E-state index in [2.05, 4.69) is 16.0 Å². The molecule has 0 radical (unpaired) electrons. The van der Waals surface area contributed by atoms with Crippen LogP contribution >= 0.6 is 12.0 Å². The van der Waals surface area contributed by atoms with Gasteiger partial charge in [-0.15, -0.1) is 0 Å². The molecule has 3 heterocycles. The Morgan fingerprint density at radius 2 is 1.86 bits per heavy atom. The van der Waals surface area contributed by atoms with E-state index in [1.165, 1.54) is 18.5 Å². The number of carbonyl (C=O) groups is 3. The van der Waals surface area contributed by atoms with E-state index < -0.39 is 17.5 Å². The molecule has 2 atom stereocenters. The smallest absolute Gasteiger partial charge is 0.246 e. The molecule has 242 valence electrons. The molecule has 1 spiro atoms. The first-order valence-corrected chi connectivity index (χ1v) is 16.8. The molecule has 2 unspecified atom stereocenters. The van der Waals surface area contributed by atoms with Crippen LogP contribution < -0.4 is 16.0 Å². The van der Waals surface area contributed by atoms with Gasteiger partial charge in [0.25, 0.3) is 0 Å². The van der Waals surface area contributed by atoms with Crippen LogP contribution in [0.15, 0.2) is 30.0 Å². The van der Waals surface area contributed by atoms with Crippen LogP contribution in [0.2, 0.25) is 0 Å². The van der Waals surface area contributed by atoms with Crippen molar-refractivity contribution >= 4 is 34.7 Å². The third-order valence-electron chi connectivity index (χ3n) is 9.75. The number of hydrogen-bond acceptors (Lipinski definition) is 8. The topological polar surface area (TPSA) is 112 Å². The third-order valence-corrected chi connectivity index (χ3v) is 10.7. The lowest BCUT2D eigenvalue weighted by molar-refractivity contribution is -0.145. The number of carbonyl (C=O) groups excluding carboxylic acids is 3. The summed E-state index contributed by atoms with van der Waals surface area (Å²) in [5.74, 6) is -0.675. The minimum atomic E-state index is -0.757. The van der Waals surface area contributed by atoms with Gasteiger partial charge in [-0.25, -0.2) is 5.06 Å². The van der Waals surface area contributed by atoms with Gasteiger partial charge in [-0.3, -0.25) is 14.4 Å². The van der Waals surface area contributed by atoms with Crippen LogP contribution in [0.5, 0.6) is 0 Å². The van der Waals surface area contributed by atoms with Gasteiger partial charge in [0.2, 0.25) is 17.7 Å². The lowest BCUT2D eigenvalue weighted by atomic mass is 9.72. The van der Waals surface area contributed by atoms with Gasteiger partial charge in [0.15, 0.2) is 0 Å². The summed E-state index contributed by atoms with van der Waals surface area (Å²) in [6.45, 7) is 10.8. The zero-order valence-electron chi connectivity index (χ0n) is 26.9. The molecule has 4 aliphatic rings. The van der Waals surface area contributed by atoms with Crippen molar-refractivity contribution in [3.05, 3.63) is 41.1 Å². The van der Waals surface area contributed by atoms with Crippen molar-refractivity contribution in [1.82, 2.24) is 25.9 Å². The molecule has 3 fully saturated rings. The maximum Gasteiger partial charge on any atom is 0.246 e.